The van der Waals surface area contributed by atoms with Crippen LogP contribution in [0, 0.1) is 31.7 Å². The molecule has 14 aromatic rings. The largest absolute Gasteiger partial charge is 0.421 e. The Labute approximate surface area is 423 Å². The van der Waals surface area contributed by atoms with Gasteiger partial charge in [-0.3, -0.25) is 19.2 Å². The third-order valence-electron chi connectivity index (χ3n) is 12.4. The number of benzene rings is 10. The Bertz CT molecular complexity index is 3690. The molecule has 0 aliphatic carbocycles. The van der Waals surface area contributed by atoms with Crippen LogP contribution in [0.5, 0.6) is 0 Å². The van der Waals surface area contributed by atoms with Crippen molar-refractivity contribution in [2.24, 2.45) is 0 Å². The monoisotopic (exact) mass is 1090 g/mol. The van der Waals surface area contributed by atoms with Crippen LogP contribution >= 0.6 is 0 Å². The van der Waals surface area contributed by atoms with Gasteiger partial charge in [-0.05, 0) is 69.9 Å². The topological polar surface area (TPSA) is 70.4 Å². The predicted octanol–water partition coefficient (Wildman–Crippen LogP) is 12.4. The van der Waals surface area contributed by atoms with Crippen LogP contribution < -0.4 is 14.2 Å². The molecule has 0 amide bonds. The van der Waals surface area contributed by atoms with Gasteiger partial charge in [0.2, 0.25) is 0 Å². The van der Waals surface area contributed by atoms with Gasteiger partial charge in [0.25, 0.3) is 12.7 Å². The molecule has 14 rings (SSSR count). The zero-order valence-electron chi connectivity index (χ0n) is 38.4. The van der Waals surface area contributed by atoms with E-state index in [1.807, 2.05) is 30.3 Å². The summed E-state index contributed by atoms with van der Waals surface area (Å²) in [7, 11) is 0. The van der Waals surface area contributed by atoms with Crippen molar-refractivity contribution in [2.45, 2.75) is 6.92 Å². The fourth-order valence-corrected chi connectivity index (χ4v) is 9.20. The molecular formula is C62H41IrN8-3. The maximum atomic E-state index is 4.10. The number of nitrogens with zero attached hydrogens (tertiary/aromatic N) is 8. The number of rotatable bonds is 5. The van der Waals surface area contributed by atoms with Gasteiger partial charge in [-0.15, -0.1) is 33.7 Å². The van der Waals surface area contributed by atoms with E-state index in [4.69, 9.17) is 0 Å². The molecule has 10 aromatic carbocycles. The number of hydrogen-bond acceptors (Lipinski definition) is 3. The third-order valence-corrected chi connectivity index (χ3v) is 12.4. The molecule has 0 spiro atoms. The zero-order valence-corrected chi connectivity index (χ0v) is 40.7. The van der Waals surface area contributed by atoms with Crippen LogP contribution in [0.1, 0.15) is 5.82 Å². The first-order chi connectivity index (χ1) is 34.7. The number of imidazole rings is 2. The average molecular weight is 1090 g/mol. The number of para-hydroxylation sites is 4. The molecule has 9 heteroatoms. The summed E-state index contributed by atoms with van der Waals surface area (Å²) in [5, 5.41) is 17.2. The van der Waals surface area contributed by atoms with Crippen molar-refractivity contribution < 1.29 is 29.2 Å². The first-order valence-electron chi connectivity index (χ1n) is 23.1. The fraction of sp³-hybridized carbons (Fsp3) is 0.0161. The number of pyridine rings is 1. The van der Waals surface area contributed by atoms with E-state index in [9.17, 15) is 0 Å². The first kappa shape index (κ1) is 44.6. The van der Waals surface area contributed by atoms with Crippen LogP contribution in [0.15, 0.2) is 231 Å². The van der Waals surface area contributed by atoms with Crippen LogP contribution in [-0.2, 0) is 20.1 Å². The summed E-state index contributed by atoms with van der Waals surface area (Å²) >= 11 is 0. The summed E-state index contributed by atoms with van der Waals surface area (Å²) in [5.41, 5.74) is 9.47. The van der Waals surface area contributed by atoms with Gasteiger partial charge in [-0.25, -0.2) is 0 Å². The standard InChI is InChI=1S/2C27H17N2.C8H7N4.Ir/c2*1-3-13-22-20(9-1)11-7-17-24(22)28-19-29(27-16-6-5-15-26(27)28)25-18-8-12-21-10-2-4-14-23(21)25;1-6-10-8(12-11-6)7-4-2-3-5-9-7;/h2*1-17H;2-5H,1H3;/q3*-1;. The minimum absolute atomic E-state index is 0. The first-order valence-corrected chi connectivity index (χ1v) is 23.1. The molecule has 341 valence electrons. The molecule has 1 radical (unpaired) electrons. The second-order valence-corrected chi connectivity index (χ2v) is 16.7. The second kappa shape index (κ2) is 19.6. The van der Waals surface area contributed by atoms with Gasteiger partial charge >= 0.3 is 0 Å². The maximum Gasteiger partial charge on any atom is 0.268 e. The predicted molar refractivity (Wildman–Crippen MR) is 278 cm³/mol. The van der Waals surface area contributed by atoms with Crippen molar-refractivity contribution in [3.05, 3.63) is 261 Å². The van der Waals surface area contributed by atoms with Gasteiger partial charge in [0.05, 0.1) is 39.1 Å². The minimum atomic E-state index is 0. The van der Waals surface area contributed by atoms with E-state index >= 15 is 0 Å². The Balaban J connectivity index is 0.000000124. The van der Waals surface area contributed by atoms with E-state index in [1.54, 1.807) is 13.1 Å². The van der Waals surface area contributed by atoms with E-state index in [0.29, 0.717) is 11.6 Å². The molecule has 71 heavy (non-hydrogen) atoms. The Morgan fingerprint density at radius 2 is 0.859 bits per heavy atom. The number of fused-ring (bicyclic) bond motifs is 6. The average Bonchev–Trinajstić information content (AvgIpc) is 4.16. The van der Waals surface area contributed by atoms with Crippen molar-refractivity contribution in [2.75, 3.05) is 0 Å². The fourth-order valence-electron chi connectivity index (χ4n) is 9.20. The summed E-state index contributed by atoms with van der Waals surface area (Å²) in [6.45, 7) is 1.80. The van der Waals surface area contributed by atoms with E-state index in [-0.39, 0.29) is 20.1 Å². The molecule has 4 aromatic heterocycles. The van der Waals surface area contributed by atoms with Crippen molar-refractivity contribution in [3.63, 3.8) is 0 Å². The molecule has 0 aliphatic heterocycles. The van der Waals surface area contributed by atoms with Gasteiger partial charge in [0.1, 0.15) is 0 Å². The normalized spacial score (nSPS) is 11.1. The molecule has 0 saturated heterocycles. The quantitative estimate of drug-likeness (QED) is 0.127. The number of hydrogen-bond donors (Lipinski definition) is 0. The Hall–Kier alpha value is -8.88. The zero-order chi connectivity index (χ0) is 46.8. The van der Waals surface area contributed by atoms with Crippen molar-refractivity contribution in [3.8, 4) is 34.3 Å². The number of aryl methyl sites for hydroxylation is 1. The SMILES string of the molecule is Cc1n[n-]c(-c2ccccn2)n1.[Ir].[c-]1ccc2ccccc2c1-n1[c-][n+](-c2cccc3ccccc23)c2ccccc21.[c-]1ccc2ccccc2c1-n1[c-][n+](-c2cccc3ccccc23)c2ccccc21. The number of aromatic nitrogens is 8. The van der Waals surface area contributed by atoms with Crippen LogP contribution in [0.4, 0.5) is 0 Å². The minimum Gasteiger partial charge on any atom is -0.421 e. The van der Waals surface area contributed by atoms with E-state index < -0.39 is 0 Å². The summed E-state index contributed by atoms with van der Waals surface area (Å²) in [6, 6.07) is 84.2. The molecular weight excluding hydrogens is 1050 g/mol. The summed E-state index contributed by atoms with van der Waals surface area (Å²) in [5.74, 6) is 1.27. The summed E-state index contributed by atoms with van der Waals surface area (Å²) < 4.78 is 8.57. The van der Waals surface area contributed by atoms with Gasteiger partial charge in [0, 0.05) is 32.1 Å². The Kier molecular flexibility index (Phi) is 12.3. The third kappa shape index (κ3) is 8.54. The molecule has 4 heterocycles. The molecule has 8 nitrogen and oxygen atoms in total. The molecule has 0 saturated carbocycles. The molecule has 0 fully saturated rings. The van der Waals surface area contributed by atoms with E-state index in [1.165, 1.54) is 32.3 Å². The van der Waals surface area contributed by atoms with Crippen LogP contribution in [0.25, 0.3) is 99.4 Å². The van der Waals surface area contributed by atoms with E-state index in [2.05, 4.69) is 257 Å². The second-order valence-electron chi connectivity index (χ2n) is 16.7. The van der Waals surface area contributed by atoms with Gasteiger partial charge in [-0.2, -0.15) is 36.4 Å². The molecule has 0 bridgehead atoms. The van der Waals surface area contributed by atoms with Crippen molar-refractivity contribution >= 4 is 65.2 Å². The van der Waals surface area contributed by atoms with Gasteiger partial charge < -0.3 is 19.2 Å². The van der Waals surface area contributed by atoms with Crippen molar-refractivity contribution in [1.82, 2.24) is 29.3 Å². The van der Waals surface area contributed by atoms with Gasteiger partial charge in [-0.1, -0.05) is 164 Å². The molecule has 0 unspecified atom stereocenters. The maximum absolute atomic E-state index is 4.10. The van der Waals surface area contributed by atoms with Gasteiger partial charge in [0.15, 0.2) is 0 Å². The Morgan fingerprint density at radius 1 is 0.437 bits per heavy atom. The van der Waals surface area contributed by atoms with Crippen LogP contribution in [-0.4, -0.2) is 24.2 Å². The summed E-state index contributed by atoms with van der Waals surface area (Å²) in [6.07, 6.45) is 8.93. The van der Waals surface area contributed by atoms with E-state index in [0.717, 1.165) is 61.3 Å². The molecule has 0 aliphatic rings. The molecule has 0 atom stereocenters. The van der Waals surface area contributed by atoms with Crippen LogP contribution in [0.2, 0.25) is 0 Å². The Morgan fingerprint density at radius 3 is 1.32 bits per heavy atom. The smallest absolute Gasteiger partial charge is 0.268 e. The summed E-state index contributed by atoms with van der Waals surface area (Å²) in [4.78, 5) is 8.19. The van der Waals surface area contributed by atoms with Crippen LogP contribution in [0.3, 0.4) is 0 Å². The van der Waals surface area contributed by atoms with Crippen molar-refractivity contribution in [1.29, 1.82) is 0 Å². The molecule has 0 N–H and O–H groups in total.